The summed E-state index contributed by atoms with van der Waals surface area (Å²) in [5.74, 6) is 0.557. The van der Waals surface area contributed by atoms with Crippen molar-refractivity contribution in [2.75, 3.05) is 11.9 Å². The molecule has 30 heavy (non-hydrogen) atoms. The lowest BCUT2D eigenvalue weighted by Crippen LogP contribution is -2.37. The average Bonchev–Trinajstić information content (AvgIpc) is 3.33. The third-order valence-electron chi connectivity index (χ3n) is 5.81. The first kappa shape index (κ1) is 20.1. The fraction of sp³-hybridized carbons (Fsp3) is 0.455. The van der Waals surface area contributed by atoms with Gasteiger partial charge in [-0.05, 0) is 64.3 Å². The van der Waals surface area contributed by atoms with Crippen molar-refractivity contribution in [1.82, 2.24) is 24.6 Å². The van der Waals surface area contributed by atoms with E-state index >= 15 is 0 Å². The molecule has 1 aliphatic heterocycles. The quantitative estimate of drug-likeness (QED) is 0.692. The van der Waals surface area contributed by atoms with E-state index < -0.39 is 0 Å². The van der Waals surface area contributed by atoms with Gasteiger partial charge in [0.2, 0.25) is 0 Å². The van der Waals surface area contributed by atoms with Gasteiger partial charge in [0.15, 0.2) is 11.5 Å². The number of carbonyl (C=O) groups excluding carboxylic acids is 1. The number of likely N-dealkylation sites (tertiary alicyclic amines) is 1. The van der Waals surface area contributed by atoms with Crippen LogP contribution < -0.4 is 10.9 Å². The van der Waals surface area contributed by atoms with Gasteiger partial charge >= 0.3 is 0 Å². The first-order valence-electron chi connectivity index (χ1n) is 10.4. The third kappa shape index (κ3) is 3.36. The molecule has 1 saturated heterocycles. The summed E-state index contributed by atoms with van der Waals surface area (Å²) >= 11 is 0. The van der Waals surface area contributed by atoms with Crippen molar-refractivity contribution in [2.45, 2.75) is 52.6 Å². The fourth-order valence-corrected chi connectivity index (χ4v) is 4.19. The lowest BCUT2D eigenvalue weighted by atomic mass is 10.1. The van der Waals surface area contributed by atoms with Gasteiger partial charge in [-0.3, -0.25) is 14.7 Å². The molecule has 4 rings (SSSR count). The van der Waals surface area contributed by atoms with E-state index in [1.54, 1.807) is 11.9 Å². The molecule has 3 aromatic heterocycles. The van der Waals surface area contributed by atoms with Crippen LogP contribution in [0.5, 0.6) is 0 Å². The lowest BCUT2D eigenvalue weighted by Gasteiger charge is -2.25. The molecule has 0 saturated carbocycles. The summed E-state index contributed by atoms with van der Waals surface area (Å²) < 4.78 is 1.53. The maximum atomic E-state index is 13.4. The average molecular weight is 409 g/mol. The van der Waals surface area contributed by atoms with Crippen molar-refractivity contribution in [3.63, 3.8) is 0 Å². The van der Waals surface area contributed by atoms with Crippen LogP contribution in [-0.4, -0.2) is 43.1 Å². The van der Waals surface area contributed by atoms with Crippen molar-refractivity contribution < 1.29 is 4.79 Å². The molecule has 3 aromatic rings. The number of pyridine rings is 2. The minimum atomic E-state index is -0.246. The highest BCUT2D eigenvalue weighted by atomic mass is 16.2. The number of fused-ring (bicyclic) bond motifs is 1. The molecule has 1 fully saturated rings. The molecule has 0 bridgehead atoms. The number of carbonyl (C=O) groups is 1. The van der Waals surface area contributed by atoms with Crippen molar-refractivity contribution in [2.24, 2.45) is 7.05 Å². The molecule has 0 radical (unpaired) electrons. The summed E-state index contributed by atoms with van der Waals surface area (Å²) in [5.41, 5.74) is 3.06. The van der Waals surface area contributed by atoms with Gasteiger partial charge in [-0.1, -0.05) is 0 Å². The normalized spacial score (nSPS) is 16.6. The number of nitrogens with zero attached hydrogens (tertiary/aromatic N) is 4. The van der Waals surface area contributed by atoms with E-state index in [0.717, 1.165) is 35.4 Å². The zero-order chi connectivity index (χ0) is 21.6. The van der Waals surface area contributed by atoms with Gasteiger partial charge in [-0.25, -0.2) is 4.98 Å². The summed E-state index contributed by atoms with van der Waals surface area (Å²) in [4.78, 5) is 32.7. The molecular weight excluding hydrogens is 380 g/mol. The van der Waals surface area contributed by atoms with E-state index in [-0.39, 0.29) is 29.1 Å². The number of aromatic amines is 1. The van der Waals surface area contributed by atoms with Crippen LogP contribution in [0.15, 0.2) is 23.0 Å². The van der Waals surface area contributed by atoms with Crippen LogP contribution in [0.1, 0.15) is 60.0 Å². The minimum absolute atomic E-state index is 0.155. The lowest BCUT2D eigenvalue weighted by molar-refractivity contribution is 0.0730. The zero-order valence-corrected chi connectivity index (χ0v) is 18.1. The Labute approximate surface area is 175 Å². The Hall–Kier alpha value is -3.16. The Kier molecular flexibility index (Phi) is 5.09. The standard InChI is InChI=1S/C22H28N6O2/c1-12(2)23-19-15-8-9-16(24-20(15)26-25-19)17-7-6-10-28(17)22(30)18-13(3)11-14(4)27(5)21(18)29/h8-9,11-12,17H,6-7,10H2,1-5H3,(H2,23,24,25,26)/t17-/m0/s1. The van der Waals surface area contributed by atoms with Crippen molar-refractivity contribution in [3.8, 4) is 0 Å². The summed E-state index contributed by atoms with van der Waals surface area (Å²) in [6, 6.07) is 5.94. The molecular formula is C22H28N6O2. The van der Waals surface area contributed by atoms with Crippen molar-refractivity contribution >= 4 is 22.8 Å². The SMILES string of the molecule is Cc1cc(C)n(C)c(=O)c1C(=O)N1CCC[C@H]1c1ccc2c(NC(C)C)n[nH]c2n1. The molecule has 8 nitrogen and oxygen atoms in total. The second-order valence-electron chi connectivity index (χ2n) is 8.37. The van der Waals surface area contributed by atoms with E-state index in [1.807, 2.05) is 32.0 Å². The Morgan fingerprint density at radius 2 is 2.07 bits per heavy atom. The van der Waals surface area contributed by atoms with Crippen LogP contribution in [0, 0.1) is 13.8 Å². The highest BCUT2D eigenvalue weighted by Crippen LogP contribution is 2.33. The summed E-state index contributed by atoms with van der Waals surface area (Å²) in [5, 5.41) is 11.5. The molecule has 1 aliphatic rings. The van der Waals surface area contributed by atoms with E-state index in [1.165, 1.54) is 4.57 Å². The molecule has 2 N–H and O–H groups in total. The second kappa shape index (κ2) is 7.59. The van der Waals surface area contributed by atoms with Gasteiger partial charge in [0, 0.05) is 25.3 Å². The number of aryl methyl sites for hydroxylation is 2. The molecule has 1 amide bonds. The molecule has 0 aromatic carbocycles. The first-order valence-corrected chi connectivity index (χ1v) is 10.4. The Balaban J connectivity index is 1.68. The monoisotopic (exact) mass is 408 g/mol. The molecule has 0 aliphatic carbocycles. The molecule has 0 spiro atoms. The number of hydrogen-bond acceptors (Lipinski definition) is 5. The third-order valence-corrected chi connectivity index (χ3v) is 5.81. The number of H-pyrrole nitrogens is 1. The predicted molar refractivity (Wildman–Crippen MR) is 117 cm³/mol. The van der Waals surface area contributed by atoms with E-state index in [2.05, 4.69) is 29.4 Å². The molecule has 1 atom stereocenters. The van der Waals surface area contributed by atoms with Crippen LogP contribution in [-0.2, 0) is 7.05 Å². The Morgan fingerprint density at radius 3 is 2.80 bits per heavy atom. The number of rotatable bonds is 4. The Morgan fingerprint density at radius 1 is 1.30 bits per heavy atom. The fourth-order valence-electron chi connectivity index (χ4n) is 4.19. The number of anilines is 1. The van der Waals surface area contributed by atoms with Gasteiger partial charge in [0.05, 0.1) is 17.1 Å². The maximum absolute atomic E-state index is 13.4. The van der Waals surface area contributed by atoms with Crippen molar-refractivity contribution in [1.29, 1.82) is 0 Å². The number of amides is 1. The number of nitrogens with one attached hydrogen (secondary N) is 2. The molecule has 8 heteroatoms. The highest BCUT2D eigenvalue weighted by Gasteiger charge is 2.34. The van der Waals surface area contributed by atoms with Crippen LogP contribution >= 0.6 is 0 Å². The zero-order valence-electron chi connectivity index (χ0n) is 18.1. The first-order chi connectivity index (χ1) is 14.3. The van der Waals surface area contributed by atoms with Gasteiger partial charge < -0.3 is 14.8 Å². The van der Waals surface area contributed by atoms with Gasteiger partial charge in [-0.2, -0.15) is 5.10 Å². The topological polar surface area (TPSA) is 95.9 Å². The van der Waals surface area contributed by atoms with Crippen LogP contribution in [0.4, 0.5) is 5.82 Å². The highest BCUT2D eigenvalue weighted by molar-refractivity contribution is 5.96. The van der Waals surface area contributed by atoms with E-state index in [9.17, 15) is 9.59 Å². The molecule has 4 heterocycles. The molecule has 158 valence electrons. The summed E-state index contributed by atoms with van der Waals surface area (Å²) in [6.45, 7) is 8.42. The molecule has 0 unspecified atom stereocenters. The van der Waals surface area contributed by atoms with Crippen LogP contribution in [0.3, 0.4) is 0 Å². The van der Waals surface area contributed by atoms with Gasteiger partial charge in [0.25, 0.3) is 11.5 Å². The van der Waals surface area contributed by atoms with Crippen LogP contribution in [0.25, 0.3) is 11.0 Å². The summed E-state index contributed by atoms with van der Waals surface area (Å²) in [7, 11) is 1.70. The van der Waals surface area contributed by atoms with Gasteiger partial charge in [0.1, 0.15) is 5.56 Å². The number of hydrogen-bond donors (Lipinski definition) is 2. The number of aromatic nitrogens is 4. The largest absolute Gasteiger partial charge is 0.366 e. The van der Waals surface area contributed by atoms with E-state index in [0.29, 0.717) is 17.8 Å². The maximum Gasteiger partial charge on any atom is 0.263 e. The van der Waals surface area contributed by atoms with Gasteiger partial charge in [-0.15, -0.1) is 0 Å². The smallest absolute Gasteiger partial charge is 0.263 e. The Bertz CT molecular complexity index is 1180. The van der Waals surface area contributed by atoms with Crippen LogP contribution in [0.2, 0.25) is 0 Å². The summed E-state index contributed by atoms with van der Waals surface area (Å²) in [6.07, 6.45) is 1.70. The minimum Gasteiger partial charge on any atom is -0.366 e. The predicted octanol–water partition coefficient (Wildman–Crippen LogP) is 3.07. The second-order valence-corrected chi connectivity index (χ2v) is 8.37. The van der Waals surface area contributed by atoms with E-state index in [4.69, 9.17) is 4.98 Å². The van der Waals surface area contributed by atoms with Crippen molar-refractivity contribution in [3.05, 3.63) is 51.1 Å².